The molecule has 1 aliphatic rings. The molecule has 1 atom stereocenters. The number of nitrogens with one attached hydrogen (secondary N) is 1. The fourth-order valence-electron chi connectivity index (χ4n) is 3.12. The molecule has 0 radical (unpaired) electrons. The number of amides is 1. The van der Waals surface area contributed by atoms with Crippen molar-refractivity contribution in [3.05, 3.63) is 47.8 Å². The number of halogens is 4. The first kappa shape index (κ1) is 20.3. The number of likely N-dealkylation sites (tertiary alicyclic amines) is 1. The van der Waals surface area contributed by atoms with Crippen LogP contribution in [0.1, 0.15) is 28.9 Å². The van der Waals surface area contributed by atoms with Gasteiger partial charge < -0.3 is 10.2 Å². The normalized spacial score (nSPS) is 17.2. The Hall–Kier alpha value is -2.06. The van der Waals surface area contributed by atoms with Crippen LogP contribution < -0.4 is 5.32 Å². The smallest absolute Gasteiger partial charge is 0.334 e. The molecule has 1 N–H and O–H groups in total. The number of likely N-dealkylation sites (N-methyl/N-ethyl adjacent to an activating group) is 1. The molecule has 0 bridgehead atoms. The zero-order valence-electron chi connectivity index (χ0n) is 14.2. The quantitative estimate of drug-likeness (QED) is 0.875. The van der Waals surface area contributed by atoms with Crippen LogP contribution in [-0.2, 0) is 6.18 Å². The van der Waals surface area contributed by atoms with Gasteiger partial charge in [0.2, 0.25) is 0 Å². The fourth-order valence-corrected chi connectivity index (χ4v) is 3.12. The highest BCUT2D eigenvalue weighted by molar-refractivity contribution is 5.95. The molecule has 1 fully saturated rings. The van der Waals surface area contributed by atoms with Gasteiger partial charge in [-0.15, -0.1) is 12.4 Å². The Kier molecular flexibility index (Phi) is 6.30. The van der Waals surface area contributed by atoms with Gasteiger partial charge in [0.25, 0.3) is 5.91 Å². The summed E-state index contributed by atoms with van der Waals surface area (Å²) in [4.78, 5) is 14.6. The van der Waals surface area contributed by atoms with E-state index in [1.54, 1.807) is 24.3 Å². The fraction of sp³-hybridized carbons (Fsp3) is 0.412. The summed E-state index contributed by atoms with van der Waals surface area (Å²) >= 11 is 0. The summed E-state index contributed by atoms with van der Waals surface area (Å²) in [7, 11) is 1.84. The molecule has 1 aromatic carbocycles. The van der Waals surface area contributed by atoms with Gasteiger partial charge in [-0.25, -0.2) is 4.68 Å². The number of aromatic nitrogens is 2. The highest BCUT2D eigenvalue weighted by atomic mass is 35.5. The van der Waals surface area contributed by atoms with Crippen molar-refractivity contribution in [2.75, 3.05) is 20.1 Å². The number of hydrogen-bond donors (Lipinski definition) is 1. The van der Waals surface area contributed by atoms with E-state index in [4.69, 9.17) is 0 Å². The summed E-state index contributed by atoms with van der Waals surface area (Å²) in [6.45, 7) is 1.41. The van der Waals surface area contributed by atoms with Crippen LogP contribution in [0.3, 0.4) is 0 Å². The van der Waals surface area contributed by atoms with Crippen molar-refractivity contribution in [1.82, 2.24) is 20.0 Å². The zero-order chi connectivity index (χ0) is 18.0. The van der Waals surface area contributed by atoms with Gasteiger partial charge in [0.15, 0.2) is 5.69 Å². The van der Waals surface area contributed by atoms with Crippen molar-refractivity contribution in [2.45, 2.75) is 25.1 Å². The Balaban J connectivity index is 0.00000243. The van der Waals surface area contributed by atoms with E-state index in [1.165, 1.54) is 6.20 Å². The van der Waals surface area contributed by atoms with E-state index in [2.05, 4.69) is 10.4 Å². The van der Waals surface area contributed by atoms with Gasteiger partial charge in [-0.3, -0.25) is 4.79 Å². The third-order valence-corrected chi connectivity index (χ3v) is 4.31. The Morgan fingerprint density at radius 1 is 1.35 bits per heavy atom. The van der Waals surface area contributed by atoms with E-state index in [9.17, 15) is 18.0 Å². The summed E-state index contributed by atoms with van der Waals surface area (Å²) in [5, 5.41) is 6.64. The van der Waals surface area contributed by atoms with Crippen molar-refractivity contribution in [3.63, 3.8) is 0 Å². The van der Waals surface area contributed by atoms with Crippen LogP contribution >= 0.6 is 12.4 Å². The summed E-state index contributed by atoms with van der Waals surface area (Å²) in [5.74, 6) is -0.109. The molecule has 142 valence electrons. The second-order valence-electron chi connectivity index (χ2n) is 6.05. The molecule has 1 aliphatic heterocycles. The van der Waals surface area contributed by atoms with E-state index in [0.717, 1.165) is 30.1 Å². The van der Waals surface area contributed by atoms with Crippen molar-refractivity contribution < 1.29 is 18.0 Å². The molecule has 0 aliphatic carbocycles. The molecule has 1 unspecified atom stereocenters. The molecular weight excluding hydrogens is 369 g/mol. The predicted octanol–water partition coefficient (Wildman–Crippen LogP) is 3.14. The predicted molar refractivity (Wildman–Crippen MR) is 93.8 cm³/mol. The van der Waals surface area contributed by atoms with Crippen LogP contribution in [0.15, 0.2) is 36.5 Å². The molecule has 2 heterocycles. The van der Waals surface area contributed by atoms with Crippen LogP contribution in [0.4, 0.5) is 13.2 Å². The van der Waals surface area contributed by atoms with E-state index in [-0.39, 0.29) is 24.4 Å². The molecular formula is C17H20ClF3N4O. The summed E-state index contributed by atoms with van der Waals surface area (Å²) in [5.41, 5.74) is -0.0897. The van der Waals surface area contributed by atoms with Gasteiger partial charge in [-0.2, -0.15) is 18.3 Å². The number of hydrogen-bond acceptors (Lipinski definition) is 3. The van der Waals surface area contributed by atoms with Gasteiger partial charge in [-0.05, 0) is 44.2 Å². The number of carbonyl (C=O) groups excluding carboxylic acids is 1. The Morgan fingerprint density at radius 3 is 2.77 bits per heavy atom. The lowest BCUT2D eigenvalue weighted by molar-refractivity contribution is -0.141. The van der Waals surface area contributed by atoms with Crippen molar-refractivity contribution >= 4 is 18.3 Å². The monoisotopic (exact) mass is 388 g/mol. The van der Waals surface area contributed by atoms with Crippen LogP contribution in [0.25, 0.3) is 5.69 Å². The van der Waals surface area contributed by atoms with Gasteiger partial charge >= 0.3 is 6.18 Å². The molecule has 26 heavy (non-hydrogen) atoms. The summed E-state index contributed by atoms with van der Waals surface area (Å²) in [6, 6.07) is 7.58. The first-order valence-corrected chi connectivity index (χ1v) is 8.09. The zero-order valence-corrected chi connectivity index (χ0v) is 15.0. The van der Waals surface area contributed by atoms with Crippen molar-refractivity contribution in [3.8, 4) is 5.69 Å². The Morgan fingerprint density at radius 2 is 2.12 bits per heavy atom. The summed E-state index contributed by atoms with van der Waals surface area (Å²) in [6.07, 6.45) is -1.35. The Labute approximate surface area is 155 Å². The second-order valence-corrected chi connectivity index (χ2v) is 6.05. The highest BCUT2D eigenvalue weighted by Gasteiger charge is 2.34. The van der Waals surface area contributed by atoms with Gasteiger partial charge in [0, 0.05) is 30.9 Å². The summed E-state index contributed by atoms with van der Waals surface area (Å²) < 4.78 is 39.2. The van der Waals surface area contributed by atoms with Crippen LogP contribution in [0, 0.1) is 0 Å². The Bertz CT molecular complexity index is 762. The van der Waals surface area contributed by atoms with Gasteiger partial charge in [-0.1, -0.05) is 6.07 Å². The van der Waals surface area contributed by atoms with Crippen molar-refractivity contribution in [1.29, 1.82) is 0 Å². The molecule has 1 saturated heterocycles. The topological polar surface area (TPSA) is 50.2 Å². The maximum absolute atomic E-state index is 12.8. The third-order valence-electron chi connectivity index (χ3n) is 4.31. The van der Waals surface area contributed by atoms with Crippen LogP contribution in [-0.4, -0.2) is 46.8 Å². The lowest BCUT2D eigenvalue weighted by Crippen LogP contribution is -2.40. The molecule has 0 spiro atoms. The second kappa shape index (κ2) is 8.09. The standard InChI is InChI=1S/C17H19F3N4O.ClH/c1-21-11-14-6-3-8-23(14)16(25)12-4-2-5-13(10-12)24-9-7-15(22-24)17(18,19)20;/h2,4-5,7,9-10,14,21H,3,6,8,11H2,1H3;1H. The molecule has 3 rings (SSSR count). The minimum absolute atomic E-state index is 0. The van der Waals surface area contributed by atoms with Crippen LogP contribution in [0.5, 0.6) is 0 Å². The number of rotatable bonds is 4. The molecule has 0 saturated carbocycles. The average molecular weight is 389 g/mol. The molecule has 2 aromatic rings. The maximum Gasteiger partial charge on any atom is 0.435 e. The average Bonchev–Trinajstić information content (AvgIpc) is 3.24. The number of carbonyl (C=O) groups is 1. The maximum atomic E-state index is 12.8. The number of benzene rings is 1. The van der Waals surface area contributed by atoms with Crippen LogP contribution in [0.2, 0.25) is 0 Å². The van der Waals surface area contributed by atoms with E-state index in [1.807, 2.05) is 11.9 Å². The van der Waals surface area contributed by atoms with Crippen molar-refractivity contribution in [2.24, 2.45) is 0 Å². The third kappa shape index (κ3) is 4.19. The molecule has 5 nitrogen and oxygen atoms in total. The lowest BCUT2D eigenvalue weighted by Gasteiger charge is -2.24. The molecule has 1 amide bonds. The molecule has 1 aromatic heterocycles. The minimum Gasteiger partial charge on any atom is -0.334 e. The van der Waals surface area contributed by atoms with Gasteiger partial charge in [0.05, 0.1) is 5.69 Å². The first-order chi connectivity index (χ1) is 11.9. The molecule has 9 heteroatoms. The largest absolute Gasteiger partial charge is 0.435 e. The lowest BCUT2D eigenvalue weighted by atomic mass is 10.1. The first-order valence-electron chi connectivity index (χ1n) is 8.09. The van der Waals surface area contributed by atoms with E-state index < -0.39 is 11.9 Å². The number of alkyl halides is 3. The van der Waals surface area contributed by atoms with E-state index >= 15 is 0 Å². The number of nitrogens with zero attached hydrogens (tertiary/aromatic N) is 3. The highest BCUT2D eigenvalue weighted by Crippen LogP contribution is 2.28. The SMILES string of the molecule is CNCC1CCCN1C(=O)c1cccc(-n2ccc(C(F)(F)F)n2)c1.Cl. The minimum atomic E-state index is -4.49. The van der Waals surface area contributed by atoms with E-state index in [0.29, 0.717) is 17.8 Å². The van der Waals surface area contributed by atoms with Gasteiger partial charge in [0.1, 0.15) is 0 Å².